The Labute approximate surface area is 133 Å². The SMILES string of the molecule is CCCOC(C)(CC(C)C)C(=O)Nc1ccc(OC)nc1C. The fourth-order valence-electron chi connectivity index (χ4n) is 2.36. The van der Waals surface area contributed by atoms with Crippen molar-refractivity contribution in [3.8, 4) is 5.88 Å². The predicted molar refractivity (Wildman–Crippen MR) is 88.3 cm³/mol. The van der Waals surface area contributed by atoms with Crippen molar-refractivity contribution in [2.24, 2.45) is 5.92 Å². The smallest absolute Gasteiger partial charge is 0.256 e. The molecule has 1 unspecified atom stereocenters. The summed E-state index contributed by atoms with van der Waals surface area (Å²) in [5, 5.41) is 2.93. The van der Waals surface area contributed by atoms with Crippen LogP contribution in [0.3, 0.4) is 0 Å². The van der Waals surface area contributed by atoms with E-state index in [1.165, 1.54) is 0 Å². The number of carbonyl (C=O) groups is 1. The van der Waals surface area contributed by atoms with Gasteiger partial charge in [0.25, 0.3) is 5.91 Å². The van der Waals surface area contributed by atoms with Crippen molar-refractivity contribution >= 4 is 11.6 Å². The summed E-state index contributed by atoms with van der Waals surface area (Å²) in [5.41, 5.74) is 0.562. The topological polar surface area (TPSA) is 60.5 Å². The number of methoxy groups -OCH3 is 1. The van der Waals surface area contributed by atoms with Gasteiger partial charge in [0, 0.05) is 12.7 Å². The maximum Gasteiger partial charge on any atom is 0.256 e. The second-order valence-electron chi connectivity index (χ2n) is 6.12. The van der Waals surface area contributed by atoms with Gasteiger partial charge in [-0.3, -0.25) is 4.79 Å². The van der Waals surface area contributed by atoms with Crippen molar-refractivity contribution in [3.05, 3.63) is 17.8 Å². The number of nitrogens with zero attached hydrogens (tertiary/aromatic N) is 1. The monoisotopic (exact) mass is 308 g/mol. The summed E-state index contributed by atoms with van der Waals surface area (Å²) < 4.78 is 10.9. The number of pyridine rings is 1. The molecular weight excluding hydrogens is 280 g/mol. The average Bonchev–Trinajstić information content (AvgIpc) is 2.46. The van der Waals surface area contributed by atoms with Crippen molar-refractivity contribution in [2.75, 3.05) is 19.0 Å². The lowest BCUT2D eigenvalue weighted by Crippen LogP contribution is -2.44. The highest BCUT2D eigenvalue weighted by molar-refractivity contribution is 5.97. The number of rotatable bonds is 8. The average molecular weight is 308 g/mol. The van der Waals surface area contributed by atoms with Crippen molar-refractivity contribution in [2.45, 2.75) is 53.1 Å². The molecule has 1 amide bonds. The Bertz CT molecular complexity index is 503. The van der Waals surface area contributed by atoms with Crippen LogP contribution in [0.5, 0.6) is 5.88 Å². The van der Waals surface area contributed by atoms with Crippen molar-refractivity contribution < 1.29 is 14.3 Å². The Morgan fingerprint density at radius 2 is 2.09 bits per heavy atom. The van der Waals surface area contributed by atoms with Gasteiger partial charge in [0.05, 0.1) is 18.5 Å². The molecular formula is C17H28N2O3. The molecule has 0 aliphatic carbocycles. The van der Waals surface area contributed by atoms with Gasteiger partial charge in [-0.05, 0) is 38.7 Å². The van der Waals surface area contributed by atoms with Crippen molar-refractivity contribution in [1.82, 2.24) is 4.98 Å². The van der Waals surface area contributed by atoms with Crippen LogP contribution < -0.4 is 10.1 Å². The summed E-state index contributed by atoms with van der Waals surface area (Å²) in [7, 11) is 1.57. The first-order chi connectivity index (χ1) is 10.3. The Balaban J connectivity index is 2.90. The van der Waals surface area contributed by atoms with E-state index in [-0.39, 0.29) is 5.91 Å². The van der Waals surface area contributed by atoms with Crippen LogP contribution in [0.2, 0.25) is 0 Å². The third-order valence-electron chi connectivity index (χ3n) is 3.42. The summed E-state index contributed by atoms with van der Waals surface area (Å²) in [5.74, 6) is 0.759. The Hall–Kier alpha value is -1.62. The lowest BCUT2D eigenvalue weighted by atomic mass is 9.93. The third kappa shape index (κ3) is 4.98. The van der Waals surface area contributed by atoms with Crippen LogP contribution in [-0.2, 0) is 9.53 Å². The van der Waals surface area contributed by atoms with Gasteiger partial charge >= 0.3 is 0 Å². The molecule has 0 bridgehead atoms. The Kier molecular flexibility index (Phi) is 6.81. The lowest BCUT2D eigenvalue weighted by molar-refractivity contribution is -0.141. The minimum absolute atomic E-state index is 0.135. The van der Waals surface area contributed by atoms with E-state index in [0.717, 1.165) is 12.1 Å². The predicted octanol–water partition coefficient (Wildman–Crippen LogP) is 3.57. The molecule has 0 radical (unpaired) electrons. The summed E-state index contributed by atoms with van der Waals surface area (Å²) in [6.07, 6.45) is 1.55. The quantitative estimate of drug-likeness (QED) is 0.797. The Morgan fingerprint density at radius 3 is 2.59 bits per heavy atom. The molecule has 0 aliphatic heterocycles. The van der Waals surface area contributed by atoms with E-state index in [1.807, 2.05) is 20.8 Å². The molecule has 0 aliphatic rings. The van der Waals surface area contributed by atoms with Gasteiger partial charge in [0.15, 0.2) is 0 Å². The summed E-state index contributed by atoms with van der Waals surface area (Å²) in [6, 6.07) is 3.53. The molecule has 0 fully saturated rings. The highest BCUT2D eigenvalue weighted by Gasteiger charge is 2.35. The number of anilines is 1. The standard InChI is InChI=1S/C17H28N2O3/c1-7-10-22-17(5,11-12(2)3)16(20)19-14-8-9-15(21-6)18-13(14)4/h8-9,12H,7,10-11H2,1-6H3,(H,19,20). The largest absolute Gasteiger partial charge is 0.481 e. The molecule has 22 heavy (non-hydrogen) atoms. The zero-order valence-electron chi connectivity index (χ0n) is 14.5. The first-order valence-electron chi connectivity index (χ1n) is 7.79. The highest BCUT2D eigenvalue weighted by atomic mass is 16.5. The van der Waals surface area contributed by atoms with Gasteiger partial charge in [-0.25, -0.2) is 4.98 Å². The minimum Gasteiger partial charge on any atom is -0.481 e. The number of aryl methyl sites for hydroxylation is 1. The molecule has 0 saturated carbocycles. The van der Waals surface area contributed by atoms with Gasteiger partial charge in [-0.2, -0.15) is 0 Å². The van der Waals surface area contributed by atoms with Crippen LogP contribution >= 0.6 is 0 Å². The summed E-state index contributed by atoms with van der Waals surface area (Å²) >= 11 is 0. The molecule has 1 heterocycles. The molecule has 0 aromatic carbocycles. The Morgan fingerprint density at radius 1 is 1.41 bits per heavy atom. The highest BCUT2D eigenvalue weighted by Crippen LogP contribution is 2.25. The molecule has 1 N–H and O–H groups in total. The van der Waals surface area contributed by atoms with E-state index in [4.69, 9.17) is 9.47 Å². The second-order valence-corrected chi connectivity index (χ2v) is 6.12. The van der Waals surface area contributed by atoms with E-state index >= 15 is 0 Å². The fourth-order valence-corrected chi connectivity index (χ4v) is 2.36. The molecule has 0 spiro atoms. The van der Waals surface area contributed by atoms with Gasteiger partial charge in [-0.15, -0.1) is 0 Å². The molecule has 5 heteroatoms. The summed E-state index contributed by atoms with van der Waals surface area (Å²) in [6.45, 7) is 10.5. The zero-order chi connectivity index (χ0) is 16.8. The van der Waals surface area contributed by atoms with E-state index in [9.17, 15) is 4.79 Å². The van der Waals surface area contributed by atoms with Gasteiger partial charge in [-0.1, -0.05) is 20.8 Å². The lowest BCUT2D eigenvalue weighted by Gasteiger charge is -2.30. The number of hydrogen-bond donors (Lipinski definition) is 1. The maximum atomic E-state index is 12.7. The first kappa shape index (κ1) is 18.4. The van der Waals surface area contributed by atoms with Crippen LogP contribution in [-0.4, -0.2) is 30.2 Å². The van der Waals surface area contributed by atoms with E-state index in [2.05, 4.69) is 24.1 Å². The number of nitrogens with one attached hydrogen (secondary N) is 1. The van der Waals surface area contributed by atoms with Crippen molar-refractivity contribution in [1.29, 1.82) is 0 Å². The number of hydrogen-bond acceptors (Lipinski definition) is 4. The van der Waals surface area contributed by atoms with Crippen LogP contribution in [0.25, 0.3) is 0 Å². The molecule has 5 nitrogen and oxygen atoms in total. The zero-order valence-corrected chi connectivity index (χ0v) is 14.5. The summed E-state index contributed by atoms with van der Waals surface area (Å²) in [4.78, 5) is 17.0. The van der Waals surface area contributed by atoms with Gasteiger partial charge < -0.3 is 14.8 Å². The molecule has 1 aromatic rings. The van der Waals surface area contributed by atoms with Crippen molar-refractivity contribution in [3.63, 3.8) is 0 Å². The van der Waals surface area contributed by atoms with Crippen LogP contribution in [0.15, 0.2) is 12.1 Å². The normalized spacial score (nSPS) is 13.8. The molecule has 0 saturated heterocycles. The number of amides is 1. The van der Waals surface area contributed by atoms with E-state index in [0.29, 0.717) is 30.5 Å². The fraction of sp³-hybridized carbons (Fsp3) is 0.647. The van der Waals surface area contributed by atoms with E-state index < -0.39 is 5.60 Å². The molecule has 1 rings (SSSR count). The minimum atomic E-state index is -0.837. The molecule has 1 aromatic heterocycles. The molecule has 1 atom stereocenters. The second kappa shape index (κ2) is 8.13. The van der Waals surface area contributed by atoms with E-state index in [1.54, 1.807) is 19.2 Å². The molecule has 124 valence electrons. The van der Waals surface area contributed by atoms with Crippen LogP contribution in [0.1, 0.15) is 46.2 Å². The number of aromatic nitrogens is 1. The third-order valence-corrected chi connectivity index (χ3v) is 3.42. The van der Waals surface area contributed by atoms with Gasteiger partial charge in [0.2, 0.25) is 5.88 Å². The number of carbonyl (C=O) groups excluding carboxylic acids is 1. The number of ether oxygens (including phenoxy) is 2. The first-order valence-corrected chi connectivity index (χ1v) is 7.79. The van der Waals surface area contributed by atoms with Gasteiger partial charge in [0.1, 0.15) is 5.60 Å². The maximum absolute atomic E-state index is 12.7. The van der Waals surface area contributed by atoms with Crippen LogP contribution in [0, 0.1) is 12.8 Å². The van der Waals surface area contributed by atoms with Crippen LogP contribution in [0.4, 0.5) is 5.69 Å².